The lowest BCUT2D eigenvalue weighted by atomic mass is 9.93. The smallest absolute Gasteiger partial charge is 0.271 e. The van der Waals surface area contributed by atoms with E-state index in [1.165, 1.54) is 4.90 Å². The van der Waals surface area contributed by atoms with Crippen molar-refractivity contribution >= 4 is 17.9 Å². The van der Waals surface area contributed by atoms with Gasteiger partial charge in [0, 0.05) is 29.4 Å². The molecule has 0 atom stereocenters. The van der Waals surface area contributed by atoms with Crippen LogP contribution in [0.5, 0.6) is 5.75 Å². The Morgan fingerprint density at radius 1 is 0.974 bits per heavy atom. The van der Waals surface area contributed by atoms with Crippen LogP contribution < -0.4 is 4.74 Å². The van der Waals surface area contributed by atoms with Crippen molar-refractivity contribution in [3.8, 4) is 28.8 Å². The number of para-hydroxylation sites is 1. The maximum Gasteiger partial charge on any atom is 0.271 e. The number of carbonyl (C=O) groups is 2. The molecule has 1 aromatic heterocycles. The zero-order chi connectivity index (χ0) is 27.8. The molecule has 0 aliphatic carbocycles. The van der Waals surface area contributed by atoms with Gasteiger partial charge in [-0.05, 0) is 55.7 Å². The summed E-state index contributed by atoms with van der Waals surface area (Å²) in [7, 11) is 0. The van der Waals surface area contributed by atoms with E-state index in [1.54, 1.807) is 17.7 Å². The fraction of sp³-hybridized carbons (Fsp3) is 0.312. The van der Waals surface area contributed by atoms with Crippen LogP contribution in [0, 0.1) is 11.3 Å². The van der Waals surface area contributed by atoms with Gasteiger partial charge in [-0.3, -0.25) is 14.5 Å². The topological polar surface area (TPSA) is 88.2 Å². The standard InChI is InChI=1S/C32H34N4O3/c1-4-6-7-11-17-35-31(37)28(23(3)29(21-33)32(35)38)20-25-22-36(26-14-9-8-10-15-26)34-30(25)24-13-12-16-27(19-24)39-18-5-2/h8-10,12-16,19-20,22H,4-7,11,17-18H2,1-3H3/b28-20+. The van der Waals surface area contributed by atoms with Crippen LogP contribution in [0.25, 0.3) is 23.0 Å². The summed E-state index contributed by atoms with van der Waals surface area (Å²) < 4.78 is 7.62. The minimum atomic E-state index is -0.519. The molecule has 0 radical (unpaired) electrons. The first-order valence-corrected chi connectivity index (χ1v) is 13.6. The summed E-state index contributed by atoms with van der Waals surface area (Å²) in [5.41, 5.74) is 3.79. The second-order valence-electron chi connectivity index (χ2n) is 9.58. The highest BCUT2D eigenvalue weighted by molar-refractivity contribution is 6.19. The SMILES string of the molecule is CCCCCCN1C(=O)C(C#N)=C(C)/C(=C\c2cn(-c3ccccc3)nc2-c2cccc(OCCC)c2)C1=O. The summed E-state index contributed by atoms with van der Waals surface area (Å²) in [6.07, 6.45) is 8.22. The van der Waals surface area contributed by atoms with Crippen LogP contribution in [-0.4, -0.2) is 39.6 Å². The van der Waals surface area contributed by atoms with Gasteiger partial charge in [0.15, 0.2) is 0 Å². The molecule has 0 saturated carbocycles. The Hall–Kier alpha value is -4.44. The van der Waals surface area contributed by atoms with Gasteiger partial charge in [-0.2, -0.15) is 10.4 Å². The number of hydrogen-bond donors (Lipinski definition) is 0. The lowest BCUT2D eigenvalue weighted by Crippen LogP contribution is -2.43. The average Bonchev–Trinajstić information content (AvgIpc) is 3.39. The average molecular weight is 523 g/mol. The van der Waals surface area contributed by atoms with Gasteiger partial charge in [-0.15, -0.1) is 0 Å². The number of benzene rings is 2. The predicted octanol–water partition coefficient (Wildman–Crippen LogP) is 6.50. The van der Waals surface area contributed by atoms with Crippen LogP contribution >= 0.6 is 0 Å². The van der Waals surface area contributed by atoms with Crippen molar-refractivity contribution in [2.24, 2.45) is 0 Å². The number of nitrogens with zero attached hydrogens (tertiary/aromatic N) is 4. The molecule has 0 fully saturated rings. The maximum absolute atomic E-state index is 13.6. The number of rotatable bonds is 11. The normalized spacial score (nSPS) is 14.7. The summed E-state index contributed by atoms with van der Waals surface area (Å²) in [4.78, 5) is 27.8. The molecule has 2 aromatic carbocycles. The third-order valence-electron chi connectivity index (χ3n) is 6.70. The lowest BCUT2D eigenvalue weighted by molar-refractivity contribution is -0.140. The number of carbonyl (C=O) groups excluding carboxylic acids is 2. The molecule has 2 heterocycles. The molecular formula is C32H34N4O3. The molecule has 1 aliphatic rings. The van der Waals surface area contributed by atoms with Crippen molar-refractivity contribution in [1.82, 2.24) is 14.7 Å². The Labute approximate surface area is 230 Å². The van der Waals surface area contributed by atoms with Crippen LogP contribution in [-0.2, 0) is 9.59 Å². The highest BCUT2D eigenvalue weighted by atomic mass is 16.5. The Balaban J connectivity index is 1.82. The molecule has 7 nitrogen and oxygen atoms in total. The second-order valence-corrected chi connectivity index (χ2v) is 9.58. The van der Waals surface area contributed by atoms with E-state index in [0.29, 0.717) is 42.0 Å². The Kier molecular flexibility index (Phi) is 9.11. The number of unbranched alkanes of at least 4 members (excludes halogenated alkanes) is 3. The number of ether oxygens (including phenoxy) is 1. The summed E-state index contributed by atoms with van der Waals surface area (Å²) >= 11 is 0. The summed E-state index contributed by atoms with van der Waals surface area (Å²) in [5.74, 6) is -0.163. The minimum absolute atomic E-state index is 0.00306. The molecule has 7 heteroatoms. The zero-order valence-corrected chi connectivity index (χ0v) is 22.8. The summed E-state index contributed by atoms with van der Waals surface area (Å²) in [6.45, 7) is 6.72. The van der Waals surface area contributed by atoms with Gasteiger partial charge in [-0.1, -0.05) is 63.4 Å². The first-order chi connectivity index (χ1) is 19.0. The summed E-state index contributed by atoms with van der Waals surface area (Å²) in [5, 5.41) is 14.7. The van der Waals surface area contributed by atoms with E-state index >= 15 is 0 Å². The van der Waals surface area contributed by atoms with Crippen molar-refractivity contribution in [2.75, 3.05) is 13.2 Å². The highest BCUT2D eigenvalue weighted by Gasteiger charge is 2.35. The molecule has 2 amide bonds. The number of aromatic nitrogens is 2. The number of amides is 2. The van der Waals surface area contributed by atoms with Crippen LogP contribution in [0.15, 0.2) is 77.5 Å². The van der Waals surface area contributed by atoms with Crippen molar-refractivity contribution < 1.29 is 14.3 Å². The first-order valence-electron chi connectivity index (χ1n) is 13.6. The van der Waals surface area contributed by atoms with Crippen molar-refractivity contribution in [3.63, 3.8) is 0 Å². The van der Waals surface area contributed by atoms with Gasteiger partial charge < -0.3 is 4.74 Å². The fourth-order valence-electron chi connectivity index (χ4n) is 4.57. The molecule has 39 heavy (non-hydrogen) atoms. The molecule has 200 valence electrons. The number of hydrogen-bond acceptors (Lipinski definition) is 5. The van der Waals surface area contributed by atoms with Gasteiger partial charge in [0.25, 0.3) is 11.8 Å². The van der Waals surface area contributed by atoms with Gasteiger partial charge in [0.1, 0.15) is 23.1 Å². The molecule has 0 spiro atoms. The Bertz CT molecular complexity index is 1440. The van der Waals surface area contributed by atoms with Crippen molar-refractivity contribution in [2.45, 2.75) is 52.9 Å². The van der Waals surface area contributed by atoms with E-state index in [-0.39, 0.29) is 11.5 Å². The first kappa shape index (κ1) is 27.6. The molecule has 0 saturated heterocycles. The largest absolute Gasteiger partial charge is 0.494 e. The van der Waals surface area contributed by atoms with E-state index in [1.807, 2.05) is 66.9 Å². The Morgan fingerprint density at radius 2 is 1.77 bits per heavy atom. The van der Waals surface area contributed by atoms with E-state index in [9.17, 15) is 14.9 Å². The van der Waals surface area contributed by atoms with Crippen LogP contribution in [0.3, 0.4) is 0 Å². The van der Waals surface area contributed by atoms with Crippen molar-refractivity contribution in [3.05, 3.63) is 83.1 Å². The predicted molar refractivity (Wildman–Crippen MR) is 152 cm³/mol. The molecule has 0 N–H and O–H groups in total. The minimum Gasteiger partial charge on any atom is -0.494 e. The van der Waals surface area contributed by atoms with Crippen LogP contribution in [0.4, 0.5) is 0 Å². The van der Waals surface area contributed by atoms with Gasteiger partial charge in [0.2, 0.25) is 0 Å². The molecule has 1 aliphatic heterocycles. The van der Waals surface area contributed by atoms with Crippen LogP contribution in [0.2, 0.25) is 0 Å². The number of imide groups is 1. The molecule has 0 unspecified atom stereocenters. The van der Waals surface area contributed by atoms with Gasteiger partial charge in [0.05, 0.1) is 12.3 Å². The lowest BCUT2D eigenvalue weighted by Gasteiger charge is -2.27. The molecule has 4 rings (SSSR count). The van der Waals surface area contributed by atoms with Gasteiger partial charge in [-0.25, -0.2) is 4.68 Å². The zero-order valence-electron chi connectivity index (χ0n) is 22.8. The maximum atomic E-state index is 13.6. The van der Waals surface area contributed by atoms with Crippen LogP contribution in [0.1, 0.15) is 58.4 Å². The Morgan fingerprint density at radius 3 is 2.49 bits per heavy atom. The van der Waals surface area contributed by atoms with E-state index in [4.69, 9.17) is 9.84 Å². The second kappa shape index (κ2) is 12.9. The monoisotopic (exact) mass is 522 g/mol. The molecular weight excluding hydrogens is 488 g/mol. The van der Waals surface area contributed by atoms with Crippen molar-refractivity contribution in [1.29, 1.82) is 5.26 Å². The highest BCUT2D eigenvalue weighted by Crippen LogP contribution is 2.32. The van der Waals surface area contributed by atoms with E-state index in [2.05, 4.69) is 13.8 Å². The van der Waals surface area contributed by atoms with E-state index in [0.717, 1.165) is 42.7 Å². The fourth-order valence-corrected chi connectivity index (χ4v) is 4.57. The van der Waals surface area contributed by atoms with E-state index < -0.39 is 5.91 Å². The molecule has 0 bridgehead atoms. The molecule has 3 aromatic rings. The summed E-state index contributed by atoms with van der Waals surface area (Å²) in [6, 6.07) is 19.5. The number of nitriles is 1. The third kappa shape index (κ3) is 6.18. The third-order valence-corrected chi connectivity index (χ3v) is 6.70. The quantitative estimate of drug-likeness (QED) is 0.163. The van der Waals surface area contributed by atoms with Gasteiger partial charge >= 0.3 is 0 Å².